The molecule has 4 aromatic rings. The molecule has 4 bridgehead atoms. The fourth-order valence-electron chi connectivity index (χ4n) is 5.53. The highest BCUT2D eigenvalue weighted by molar-refractivity contribution is 6.50. The summed E-state index contributed by atoms with van der Waals surface area (Å²) in [4.78, 5) is 27.7. The number of likely N-dealkylation sites (N-methyl/N-ethyl adjacent to an activating group) is 1. The molecule has 38 heavy (non-hydrogen) atoms. The molecule has 8 heteroatoms. The van der Waals surface area contributed by atoms with Crippen LogP contribution in [0.3, 0.4) is 0 Å². The van der Waals surface area contributed by atoms with Crippen molar-refractivity contribution in [2.24, 2.45) is 0 Å². The second kappa shape index (κ2) is 11.3. The number of carbonyl (C=O) groups excluding carboxylic acids is 2. The van der Waals surface area contributed by atoms with Crippen molar-refractivity contribution >= 4 is 44.8 Å². The molecule has 2 amide bonds. The predicted octanol–water partition coefficient (Wildman–Crippen LogP) is 2.30. The fourth-order valence-corrected chi connectivity index (χ4v) is 5.53. The molecular weight excluding hydrogens is 480 g/mol. The van der Waals surface area contributed by atoms with Gasteiger partial charge in [0.05, 0.1) is 31.8 Å². The molecule has 2 aromatic heterocycles. The quantitative estimate of drug-likeness (QED) is 0.399. The molecule has 4 N–H and O–H groups in total. The van der Waals surface area contributed by atoms with Crippen LogP contribution in [-0.4, -0.2) is 59.8 Å². The van der Waals surface area contributed by atoms with Gasteiger partial charge in [-0.25, -0.2) is 0 Å². The largest absolute Gasteiger partial charge is 0.412 e. The smallest absolute Gasteiger partial charge is 0.259 e. The van der Waals surface area contributed by atoms with E-state index in [-0.39, 0.29) is 23.4 Å². The fraction of sp³-hybridized carbons (Fsp3) is 0.333. The van der Waals surface area contributed by atoms with Gasteiger partial charge < -0.3 is 24.2 Å². The highest BCUT2D eigenvalue weighted by Gasteiger charge is 2.35. The van der Waals surface area contributed by atoms with Crippen molar-refractivity contribution in [1.82, 2.24) is 14.5 Å². The van der Waals surface area contributed by atoms with Crippen molar-refractivity contribution in [3.63, 3.8) is 0 Å². The molecule has 2 aromatic carbocycles. The van der Waals surface area contributed by atoms with Crippen molar-refractivity contribution in [1.29, 1.82) is 0 Å². The molecule has 1 atom stereocenters. The number of nitrogens with one attached hydrogen (secondary N) is 2. The average molecular weight is 518 g/mol. The summed E-state index contributed by atoms with van der Waals surface area (Å²) in [6, 6.07) is 16.1. The minimum absolute atomic E-state index is 0. The SMILES string of the molecule is CC.C[NH+](C)C[C@@H]1CCn2cc(c3ccccc32)C2=C(C(=O)NC2=O)c2cn(c3ccccc23)CCO1.O. The number of para-hydroxylation sites is 2. The molecule has 6 rings (SSSR count). The summed E-state index contributed by atoms with van der Waals surface area (Å²) in [6.07, 6.45) is 5.00. The van der Waals surface area contributed by atoms with Crippen LogP contribution < -0.4 is 10.2 Å². The second-order valence-corrected chi connectivity index (χ2v) is 9.73. The Morgan fingerprint density at radius 2 is 1.34 bits per heavy atom. The first-order chi connectivity index (χ1) is 18.0. The van der Waals surface area contributed by atoms with Crippen molar-refractivity contribution in [2.45, 2.75) is 39.5 Å². The minimum atomic E-state index is -0.345. The van der Waals surface area contributed by atoms with Gasteiger partial charge in [0.15, 0.2) is 0 Å². The summed E-state index contributed by atoms with van der Waals surface area (Å²) in [5.74, 6) is -0.684. The molecule has 8 nitrogen and oxygen atoms in total. The van der Waals surface area contributed by atoms with Crippen LogP contribution in [0.4, 0.5) is 0 Å². The Labute approximate surface area is 222 Å². The van der Waals surface area contributed by atoms with E-state index in [0.29, 0.717) is 24.3 Å². The third-order valence-electron chi connectivity index (χ3n) is 7.06. The van der Waals surface area contributed by atoms with Crippen LogP contribution in [0.2, 0.25) is 0 Å². The molecule has 0 unspecified atom stereocenters. The first-order valence-corrected chi connectivity index (χ1v) is 13.2. The Kier molecular flexibility index (Phi) is 8.16. The van der Waals surface area contributed by atoms with Gasteiger partial charge in [-0.2, -0.15) is 0 Å². The number of carbonyl (C=O) groups is 2. The third kappa shape index (κ3) is 4.78. The van der Waals surface area contributed by atoms with E-state index in [0.717, 1.165) is 52.4 Å². The minimum Gasteiger partial charge on any atom is -0.412 e. The standard InChI is InChI=1S/C28H28N4O3.C2H6.H2O/c1-30(2)15-18-11-12-31-16-21(19-7-3-5-9-23(19)31)25-26(28(34)29-27(25)33)22-17-32(13-14-35-18)24-10-6-4-8-20(22)24;1-2;/h3-10,16-18H,11-15H2,1-2H3,(H,29,33,34);1-2H3;1H2/p+1/t18-;;/m0../s1. The van der Waals surface area contributed by atoms with Crippen LogP contribution >= 0.6 is 0 Å². The molecular formula is C30H37N4O4+. The summed E-state index contributed by atoms with van der Waals surface area (Å²) in [5, 5.41) is 4.50. The zero-order chi connectivity index (χ0) is 26.1. The lowest BCUT2D eigenvalue weighted by molar-refractivity contribution is -0.862. The van der Waals surface area contributed by atoms with E-state index in [1.807, 2.05) is 62.6 Å². The number of ether oxygens (including phenoxy) is 1. The van der Waals surface area contributed by atoms with E-state index in [4.69, 9.17) is 4.74 Å². The maximum atomic E-state index is 13.2. The van der Waals surface area contributed by atoms with E-state index in [2.05, 4.69) is 40.7 Å². The van der Waals surface area contributed by atoms with E-state index in [9.17, 15) is 9.59 Å². The molecule has 0 aliphatic carbocycles. The molecule has 0 fully saturated rings. The molecule has 0 radical (unpaired) electrons. The number of aryl methyl sites for hydroxylation is 1. The van der Waals surface area contributed by atoms with E-state index < -0.39 is 0 Å². The third-order valence-corrected chi connectivity index (χ3v) is 7.06. The van der Waals surface area contributed by atoms with E-state index in [1.54, 1.807) is 0 Å². The molecule has 200 valence electrons. The molecule has 0 saturated heterocycles. The van der Waals surface area contributed by atoms with Crippen LogP contribution in [-0.2, 0) is 27.4 Å². The number of hydrogen-bond donors (Lipinski definition) is 2. The summed E-state index contributed by atoms with van der Waals surface area (Å²) in [6.45, 7) is 6.93. The summed E-state index contributed by atoms with van der Waals surface area (Å²) >= 11 is 0. The van der Waals surface area contributed by atoms with Gasteiger partial charge in [0, 0.05) is 58.4 Å². The number of hydrogen-bond acceptors (Lipinski definition) is 3. The molecule has 4 heterocycles. The number of aromatic nitrogens is 2. The van der Waals surface area contributed by atoms with Crippen LogP contribution in [0.1, 0.15) is 31.4 Å². The zero-order valence-corrected chi connectivity index (χ0v) is 22.5. The number of quaternary nitrogens is 1. The maximum absolute atomic E-state index is 13.2. The predicted molar refractivity (Wildman–Crippen MR) is 151 cm³/mol. The number of nitrogens with zero attached hydrogens (tertiary/aromatic N) is 2. The first-order valence-electron chi connectivity index (χ1n) is 13.2. The van der Waals surface area contributed by atoms with Gasteiger partial charge in [-0.1, -0.05) is 50.2 Å². The Morgan fingerprint density at radius 3 is 1.87 bits per heavy atom. The van der Waals surface area contributed by atoms with Crippen LogP contribution in [0.15, 0.2) is 60.9 Å². The average Bonchev–Trinajstić information content (AvgIpc) is 3.53. The van der Waals surface area contributed by atoms with E-state index >= 15 is 0 Å². The van der Waals surface area contributed by atoms with E-state index in [1.165, 1.54) is 4.90 Å². The Balaban J connectivity index is 0.00000110. The van der Waals surface area contributed by atoms with Gasteiger partial charge in [0.25, 0.3) is 11.8 Å². The van der Waals surface area contributed by atoms with Crippen molar-refractivity contribution in [3.8, 4) is 0 Å². The summed E-state index contributed by atoms with van der Waals surface area (Å²) in [5.41, 5.74) is 4.55. The lowest BCUT2D eigenvalue weighted by Gasteiger charge is -2.20. The highest BCUT2D eigenvalue weighted by atomic mass is 16.5. The first kappa shape index (κ1) is 27.3. The number of fused-ring (bicyclic) bond motifs is 12. The van der Waals surface area contributed by atoms with Crippen LogP contribution in [0.5, 0.6) is 0 Å². The second-order valence-electron chi connectivity index (χ2n) is 9.73. The Bertz CT molecular complexity index is 1510. The van der Waals surface area contributed by atoms with Gasteiger partial charge in [0.1, 0.15) is 12.6 Å². The number of benzene rings is 2. The summed E-state index contributed by atoms with van der Waals surface area (Å²) in [7, 11) is 4.29. The van der Waals surface area contributed by atoms with Gasteiger partial charge in [-0.3, -0.25) is 14.9 Å². The highest BCUT2D eigenvalue weighted by Crippen LogP contribution is 2.39. The number of rotatable bonds is 2. The van der Waals surface area contributed by atoms with Gasteiger partial charge >= 0.3 is 0 Å². The van der Waals surface area contributed by atoms with Crippen molar-refractivity contribution in [2.75, 3.05) is 27.2 Å². The van der Waals surface area contributed by atoms with Crippen molar-refractivity contribution < 1.29 is 24.7 Å². The molecule has 0 saturated carbocycles. The van der Waals surface area contributed by atoms with Crippen LogP contribution in [0, 0.1) is 0 Å². The molecule has 0 spiro atoms. The molecule has 2 aliphatic heterocycles. The number of amides is 2. The lowest BCUT2D eigenvalue weighted by atomic mass is 9.95. The number of imide groups is 1. The van der Waals surface area contributed by atoms with Crippen molar-refractivity contribution in [3.05, 3.63) is 72.1 Å². The monoisotopic (exact) mass is 517 g/mol. The Hall–Kier alpha value is -3.72. The summed E-state index contributed by atoms with van der Waals surface area (Å²) < 4.78 is 10.7. The normalized spacial score (nSPS) is 17.6. The lowest BCUT2D eigenvalue weighted by Crippen LogP contribution is -3.07. The van der Waals surface area contributed by atoms with Gasteiger partial charge in [-0.05, 0) is 18.6 Å². The van der Waals surface area contributed by atoms with Gasteiger partial charge in [0.2, 0.25) is 0 Å². The topological polar surface area (TPSA) is 101 Å². The Morgan fingerprint density at radius 1 is 0.842 bits per heavy atom. The zero-order valence-electron chi connectivity index (χ0n) is 22.5. The maximum Gasteiger partial charge on any atom is 0.259 e. The van der Waals surface area contributed by atoms with Gasteiger partial charge in [-0.15, -0.1) is 0 Å². The molecule has 2 aliphatic rings. The van der Waals surface area contributed by atoms with Crippen LogP contribution in [0.25, 0.3) is 33.0 Å².